The number of phosphoric ester groups is 1. The number of rotatable bonds is 24. The molecule has 0 saturated carbocycles. The predicted molar refractivity (Wildman–Crippen MR) is 298 cm³/mol. The van der Waals surface area contributed by atoms with E-state index in [4.69, 9.17) is 41.8 Å². The van der Waals surface area contributed by atoms with Crippen molar-refractivity contribution < 1.29 is 74.2 Å². The second kappa shape index (κ2) is 26.0. The Morgan fingerprint density at radius 2 is 1.40 bits per heavy atom. The van der Waals surface area contributed by atoms with E-state index < -0.39 is 120 Å². The summed E-state index contributed by atoms with van der Waals surface area (Å²) in [6, 6.07) is 33.3. The second-order valence-corrected chi connectivity index (χ2v) is 21.9. The predicted octanol–water partition coefficient (Wildman–Crippen LogP) is 7.51. The lowest BCUT2D eigenvalue weighted by molar-refractivity contribution is -0.118. The summed E-state index contributed by atoms with van der Waals surface area (Å²) in [6.45, 7) is 0.957. The number of aromatic nitrogens is 8. The quantitative estimate of drug-likeness (QED) is 0.0258. The summed E-state index contributed by atoms with van der Waals surface area (Å²) in [7, 11) is -6.19. The van der Waals surface area contributed by atoms with Crippen LogP contribution in [-0.2, 0) is 51.8 Å². The highest BCUT2D eigenvalue weighted by Gasteiger charge is 2.54. The topological polar surface area (TPSA) is 327 Å². The molecule has 2 unspecified atom stereocenters. The fourth-order valence-corrected chi connectivity index (χ4v) is 11.6. The molecule has 2 aliphatic rings. The zero-order valence-electron chi connectivity index (χ0n) is 45.6. The van der Waals surface area contributed by atoms with Crippen LogP contribution in [0.1, 0.15) is 59.8 Å². The van der Waals surface area contributed by atoms with Crippen LogP contribution in [0.15, 0.2) is 133 Å². The number of hydrogen-bond donors (Lipinski definition) is 4. The second-order valence-electron chi connectivity index (χ2n) is 19.5. The van der Waals surface area contributed by atoms with E-state index in [0.717, 1.165) is 17.2 Å². The van der Waals surface area contributed by atoms with Crippen LogP contribution in [0.2, 0.25) is 0 Å². The van der Waals surface area contributed by atoms with Crippen molar-refractivity contribution in [3.8, 4) is 17.6 Å². The number of benzene rings is 4. The Hall–Kier alpha value is -8.19. The van der Waals surface area contributed by atoms with Crippen molar-refractivity contribution in [3.05, 3.63) is 161 Å². The SMILES string of the molecule is COc1ccc(C(OC[C@H]2O[C@@H](n3cnc4c(NC(=O)c5ccccc5)ncnc43)[C@@H](F)[C@@H]2OP(=O)(OCCC#N)OC[C@H]2O[C@@H](n3cnc4c(=O)[nH]c(NC(=O)C(C)C)nc43)[C@H](O[PH](=O)O)[C@@H]2F)(c2ccccc2)c2ccc(OC)cc2)cc1. The number of nitrogens with zero attached hydrogens (tertiary/aromatic N) is 8. The molecule has 4 N–H and O–H groups in total. The minimum Gasteiger partial charge on any atom is -0.497 e. The van der Waals surface area contributed by atoms with Crippen LogP contribution >= 0.6 is 16.1 Å². The van der Waals surface area contributed by atoms with Crippen molar-refractivity contribution in [3.63, 3.8) is 0 Å². The Kier molecular flexibility index (Phi) is 18.3. The third-order valence-corrected chi connectivity index (χ3v) is 15.8. The summed E-state index contributed by atoms with van der Waals surface area (Å²) >= 11 is 0. The number of nitriles is 1. The minimum absolute atomic E-state index is 0.0164. The van der Waals surface area contributed by atoms with Gasteiger partial charge in [0, 0.05) is 11.5 Å². The van der Waals surface area contributed by atoms with Crippen molar-refractivity contribution in [2.45, 2.75) is 75.1 Å². The molecule has 2 aliphatic heterocycles. The van der Waals surface area contributed by atoms with Gasteiger partial charge in [0.15, 0.2) is 52.9 Å². The summed E-state index contributed by atoms with van der Waals surface area (Å²) < 4.78 is 118. The van der Waals surface area contributed by atoms with Crippen LogP contribution in [0.5, 0.6) is 11.5 Å². The first-order chi connectivity index (χ1) is 41.0. The van der Waals surface area contributed by atoms with Crippen molar-refractivity contribution in [2.75, 3.05) is 44.7 Å². The molecule has 10 atom stereocenters. The molecule has 0 spiro atoms. The number of phosphoric acid groups is 1. The van der Waals surface area contributed by atoms with E-state index in [1.807, 2.05) is 24.3 Å². The van der Waals surface area contributed by atoms with Crippen molar-refractivity contribution >= 4 is 62.0 Å². The number of fused-ring (bicyclic) bond motifs is 2. The Bertz CT molecular complexity index is 3790. The number of imidazole rings is 2. The van der Waals surface area contributed by atoms with Gasteiger partial charge < -0.3 is 33.9 Å². The smallest absolute Gasteiger partial charge is 0.475 e. The molecule has 8 aromatic rings. The molecule has 6 heterocycles. The number of methoxy groups -OCH3 is 2. The number of anilines is 2. The number of hydrogen-bond acceptors (Lipinski definition) is 20. The molecule has 0 bridgehead atoms. The van der Waals surface area contributed by atoms with E-state index in [2.05, 4.69) is 40.5 Å². The summed E-state index contributed by atoms with van der Waals surface area (Å²) in [4.78, 5) is 72.7. The Morgan fingerprint density at radius 3 is 2.02 bits per heavy atom. The van der Waals surface area contributed by atoms with Gasteiger partial charge in [0.2, 0.25) is 11.9 Å². The lowest BCUT2D eigenvalue weighted by atomic mass is 9.80. The molecular weight excluding hydrogens is 1150 g/mol. The van der Waals surface area contributed by atoms with Gasteiger partial charge in [0.25, 0.3) is 11.5 Å². The standard InChI is InChI=1S/C55H55F2N11O15P2/c1-31(2)49(69)65-54-64-48-43(51(71)66-54)62-30-68(48)53-45(82-84(72)73)40(56)38(80-53)27-79-85(74,78-25-11-24-58)83-44-39(81-52(41(44)57)67-29-61-42-46(59-28-60-47(42)67)63-50(70)32-12-7-5-8-13-32)26-77-55(33-14-9-6-10-15-33,34-16-20-36(75-3)21-17-34)35-18-22-37(76-4)23-19-35/h5-10,12-23,28-31,38-41,44-45,52-53,84H,11,25-27H2,1-4H3,(H,72,73)(H,59,60,63,70)(H2,64,65,66,69,71)/t38-,39-,40-,41+,44-,45-,52-,53-,85?/m1/s1. The maximum absolute atomic E-state index is 18.1. The number of carbonyl (C=O) groups excluding carboxylic acids is 2. The van der Waals surface area contributed by atoms with Crippen molar-refractivity contribution in [2.24, 2.45) is 5.92 Å². The highest BCUT2D eigenvalue weighted by molar-refractivity contribution is 7.48. The molecule has 85 heavy (non-hydrogen) atoms. The first-order valence-electron chi connectivity index (χ1n) is 26.3. The largest absolute Gasteiger partial charge is 0.497 e. The number of ether oxygens (including phenoxy) is 5. The number of halogens is 2. The molecule has 4 aromatic heterocycles. The fraction of sp³-hybridized carbons (Fsp3) is 0.327. The number of carbonyl (C=O) groups is 2. The molecule has 0 aliphatic carbocycles. The number of H-pyrrole nitrogens is 1. The van der Waals surface area contributed by atoms with Gasteiger partial charge in [-0.05, 0) is 53.1 Å². The first kappa shape index (κ1) is 60.0. The summed E-state index contributed by atoms with van der Waals surface area (Å²) in [5.74, 6) is -0.851. The number of alkyl halides is 2. The van der Waals surface area contributed by atoms with Gasteiger partial charge in [-0.25, -0.2) is 33.3 Å². The van der Waals surface area contributed by atoms with Gasteiger partial charge in [-0.2, -0.15) is 10.2 Å². The van der Waals surface area contributed by atoms with Crippen LogP contribution in [0.25, 0.3) is 22.3 Å². The Morgan fingerprint density at radius 1 is 0.788 bits per heavy atom. The molecule has 26 nitrogen and oxygen atoms in total. The molecular formula is C55H55F2N11O15P2. The van der Waals surface area contributed by atoms with Crippen molar-refractivity contribution in [1.82, 2.24) is 39.0 Å². The number of amides is 2. The monoisotopic (exact) mass is 1210 g/mol. The Labute approximate surface area is 482 Å². The van der Waals surface area contributed by atoms with Gasteiger partial charge in [0.1, 0.15) is 47.8 Å². The Balaban J connectivity index is 1.01. The minimum atomic E-state index is -5.28. The van der Waals surface area contributed by atoms with Gasteiger partial charge in [-0.1, -0.05) is 86.6 Å². The van der Waals surface area contributed by atoms with Crippen LogP contribution < -0.4 is 25.7 Å². The summed E-state index contributed by atoms with van der Waals surface area (Å²) in [6.07, 6.45) is -12.6. The van der Waals surface area contributed by atoms with Crippen LogP contribution in [0.4, 0.5) is 20.5 Å². The zero-order chi connectivity index (χ0) is 60.0. The lowest BCUT2D eigenvalue weighted by Gasteiger charge is -2.37. The molecule has 0 radical (unpaired) electrons. The first-order valence-corrected chi connectivity index (χ1v) is 29.0. The van der Waals surface area contributed by atoms with E-state index >= 15 is 13.3 Å². The van der Waals surface area contributed by atoms with Crippen molar-refractivity contribution in [1.29, 1.82) is 5.26 Å². The van der Waals surface area contributed by atoms with E-state index in [1.165, 1.54) is 25.1 Å². The summed E-state index contributed by atoms with van der Waals surface area (Å²) in [5.41, 5.74) is -0.859. The average molecular weight is 1210 g/mol. The highest BCUT2D eigenvalue weighted by atomic mass is 31.2. The zero-order valence-corrected chi connectivity index (χ0v) is 47.5. The normalized spacial score (nSPS) is 21.6. The molecule has 4 aromatic carbocycles. The lowest BCUT2D eigenvalue weighted by Crippen LogP contribution is -2.40. The maximum Gasteiger partial charge on any atom is 0.475 e. The molecule has 2 saturated heterocycles. The third-order valence-electron chi connectivity index (χ3n) is 13.9. The molecule has 30 heteroatoms. The number of nitrogens with one attached hydrogen (secondary N) is 3. The van der Waals surface area contributed by atoms with E-state index in [-0.39, 0.29) is 34.1 Å². The molecule has 2 fully saturated rings. The van der Waals surface area contributed by atoms with Crippen LogP contribution in [0, 0.1) is 17.2 Å². The van der Waals surface area contributed by atoms with E-state index in [9.17, 15) is 29.1 Å². The molecule has 10 rings (SSSR count). The van der Waals surface area contributed by atoms with Gasteiger partial charge in [-0.15, -0.1) is 0 Å². The number of aromatic amines is 1. The highest BCUT2D eigenvalue weighted by Crippen LogP contribution is 2.55. The third kappa shape index (κ3) is 12.6. The average Bonchev–Trinajstić information content (AvgIpc) is 2.68. The van der Waals surface area contributed by atoms with Crippen LogP contribution in [-0.4, -0.2) is 127 Å². The van der Waals surface area contributed by atoms with Gasteiger partial charge in [0.05, 0.1) is 59.2 Å². The summed E-state index contributed by atoms with van der Waals surface area (Å²) in [5, 5.41) is 14.7. The van der Waals surface area contributed by atoms with E-state index in [1.54, 1.807) is 105 Å². The fourth-order valence-electron chi connectivity index (χ4n) is 9.70. The van der Waals surface area contributed by atoms with Crippen LogP contribution in [0.3, 0.4) is 0 Å². The van der Waals surface area contributed by atoms with E-state index in [0.29, 0.717) is 33.8 Å². The van der Waals surface area contributed by atoms with Gasteiger partial charge >= 0.3 is 16.1 Å². The maximum atomic E-state index is 18.1. The molecule has 444 valence electrons. The van der Waals surface area contributed by atoms with Gasteiger partial charge in [-0.3, -0.25) is 56.5 Å². The molecule has 2 amide bonds.